The van der Waals surface area contributed by atoms with Crippen LogP contribution in [-0.2, 0) is 17.6 Å². The van der Waals surface area contributed by atoms with E-state index in [9.17, 15) is 9.90 Å². The Morgan fingerprint density at radius 1 is 1.03 bits per heavy atom. The molecule has 1 fully saturated rings. The minimum atomic E-state index is -0.764. The number of aliphatic hydroxyl groups excluding tert-OH is 1. The zero-order valence-corrected chi connectivity index (χ0v) is 19.2. The summed E-state index contributed by atoms with van der Waals surface area (Å²) in [4.78, 5) is 10.6. The Balaban J connectivity index is 1.50. The number of carbonyl (C=O) groups is 1. The van der Waals surface area contributed by atoms with E-state index in [1.807, 2.05) is 24.3 Å². The first-order valence-electron chi connectivity index (χ1n) is 11.5. The van der Waals surface area contributed by atoms with Crippen molar-refractivity contribution in [2.75, 3.05) is 6.61 Å². The first-order chi connectivity index (χ1) is 15.5. The van der Waals surface area contributed by atoms with Crippen molar-refractivity contribution in [3.8, 4) is 5.75 Å². The molecule has 1 saturated carbocycles. The predicted molar refractivity (Wildman–Crippen MR) is 128 cm³/mol. The number of unbranched alkanes of at least 4 members (excludes halogenated alkanes) is 1. The second-order valence-electron chi connectivity index (χ2n) is 8.58. The molecule has 32 heavy (non-hydrogen) atoms. The number of carboxylic acid groups (broad SMARTS) is 1. The van der Waals surface area contributed by atoms with Crippen LogP contribution in [0.4, 0.5) is 0 Å². The lowest BCUT2D eigenvalue weighted by Crippen LogP contribution is -2.27. The van der Waals surface area contributed by atoms with E-state index >= 15 is 0 Å². The van der Waals surface area contributed by atoms with Crippen molar-refractivity contribution >= 4 is 17.6 Å². The maximum absolute atomic E-state index is 10.6. The number of hydrogen-bond acceptors (Lipinski definition) is 3. The van der Waals surface area contributed by atoms with Crippen LogP contribution in [0.5, 0.6) is 5.75 Å². The van der Waals surface area contributed by atoms with Gasteiger partial charge in [0.15, 0.2) is 0 Å². The second kappa shape index (κ2) is 12.7. The molecule has 0 aliphatic heterocycles. The number of aliphatic hydroxyl groups is 1. The van der Waals surface area contributed by atoms with Crippen molar-refractivity contribution in [1.29, 1.82) is 0 Å². The summed E-state index contributed by atoms with van der Waals surface area (Å²) in [6.45, 7) is 0.435. The molecular weight excluding hydrogens is 424 g/mol. The van der Waals surface area contributed by atoms with Crippen molar-refractivity contribution in [3.05, 3.63) is 77.9 Å². The smallest absolute Gasteiger partial charge is 0.303 e. The normalized spacial score (nSPS) is 22.9. The minimum Gasteiger partial charge on any atom is -0.493 e. The zero-order valence-electron chi connectivity index (χ0n) is 18.4. The van der Waals surface area contributed by atoms with Gasteiger partial charge >= 0.3 is 5.97 Å². The number of rotatable bonds is 12. The summed E-state index contributed by atoms with van der Waals surface area (Å²) in [5.41, 5.74) is 2.55. The molecule has 3 rings (SSSR count). The van der Waals surface area contributed by atoms with Crippen LogP contribution in [0.1, 0.15) is 43.2 Å². The SMILES string of the molecule is O=C(O)CCC/C=C\C[C@@H]1[C@@H](COc2cccc(CCc3ccccc3)c2)[C@H](O)C[C@H]1Cl. The predicted octanol–water partition coefficient (Wildman–Crippen LogP) is 5.66. The van der Waals surface area contributed by atoms with Gasteiger partial charge in [0.1, 0.15) is 5.75 Å². The van der Waals surface area contributed by atoms with E-state index in [2.05, 4.69) is 42.5 Å². The molecule has 0 saturated heterocycles. The van der Waals surface area contributed by atoms with Crippen LogP contribution >= 0.6 is 11.6 Å². The van der Waals surface area contributed by atoms with Crippen LogP contribution in [-0.4, -0.2) is 34.3 Å². The standard InChI is InChI=1S/C27H33ClO4/c28-25-18-26(29)24(23(25)13-6-1-2-7-14-27(30)31)19-32-22-12-8-11-21(17-22)16-15-20-9-4-3-5-10-20/h1,3-6,8-12,17,23-26,29H,2,7,13-16,18-19H2,(H,30,31)/b6-1-/t23-,24-,25-,26-/m1/s1. The van der Waals surface area contributed by atoms with Crippen LogP contribution < -0.4 is 4.74 Å². The lowest BCUT2D eigenvalue weighted by atomic mass is 9.92. The van der Waals surface area contributed by atoms with Crippen molar-refractivity contribution in [2.45, 2.75) is 56.4 Å². The summed E-state index contributed by atoms with van der Waals surface area (Å²) in [6.07, 6.45) is 8.46. The van der Waals surface area contributed by atoms with E-state index in [0.717, 1.165) is 31.4 Å². The Labute approximate surface area is 195 Å². The quantitative estimate of drug-likeness (QED) is 0.246. The monoisotopic (exact) mass is 456 g/mol. The molecule has 4 atom stereocenters. The number of halogens is 1. The molecule has 0 radical (unpaired) electrons. The highest BCUT2D eigenvalue weighted by molar-refractivity contribution is 6.21. The van der Waals surface area contributed by atoms with Gasteiger partial charge in [0, 0.05) is 17.7 Å². The van der Waals surface area contributed by atoms with E-state index in [4.69, 9.17) is 21.4 Å². The molecule has 2 N–H and O–H groups in total. The fourth-order valence-electron chi connectivity index (χ4n) is 4.35. The average molecular weight is 457 g/mol. The van der Waals surface area contributed by atoms with Crippen LogP contribution in [0.25, 0.3) is 0 Å². The minimum absolute atomic E-state index is 0.0193. The lowest BCUT2D eigenvalue weighted by Gasteiger charge is -2.22. The molecule has 1 aliphatic carbocycles. The van der Waals surface area contributed by atoms with Crippen molar-refractivity contribution in [1.82, 2.24) is 0 Å². The Morgan fingerprint density at radius 3 is 2.56 bits per heavy atom. The summed E-state index contributed by atoms with van der Waals surface area (Å²) >= 11 is 6.53. The van der Waals surface area contributed by atoms with E-state index in [-0.39, 0.29) is 23.6 Å². The Morgan fingerprint density at radius 2 is 1.78 bits per heavy atom. The van der Waals surface area contributed by atoms with Crippen LogP contribution in [0, 0.1) is 11.8 Å². The number of ether oxygens (including phenoxy) is 1. The fourth-order valence-corrected chi connectivity index (χ4v) is 4.82. The van der Waals surface area contributed by atoms with Crippen molar-refractivity contribution in [2.24, 2.45) is 11.8 Å². The number of alkyl halides is 1. The third-order valence-corrected chi connectivity index (χ3v) is 6.70. The summed E-state index contributed by atoms with van der Waals surface area (Å²) in [6, 6.07) is 18.6. The second-order valence-corrected chi connectivity index (χ2v) is 9.14. The molecule has 2 aromatic carbocycles. The lowest BCUT2D eigenvalue weighted by molar-refractivity contribution is -0.137. The topological polar surface area (TPSA) is 66.8 Å². The molecule has 172 valence electrons. The summed E-state index contributed by atoms with van der Waals surface area (Å²) in [5, 5.41) is 19.1. The van der Waals surface area contributed by atoms with Gasteiger partial charge in [-0.3, -0.25) is 4.79 Å². The zero-order chi connectivity index (χ0) is 22.8. The highest BCUT2D eigenvalue weighted by Gasteiger charge is 2.41. The summed E-state index contributed by atoms with van der Waals surface area (Å²) < 4.78 is 6.09. The molecule has 0 bridgehead atoms. The maximum atomic E-state index is 10.6. The van der Waals surface area contributed by atoms with Gasteiger partial charge < -0.3 is 14.9 Å². The summed E-state index contributed by atoms with van der Waals surface area (Å²) in [7, 11) is 0. The molecule has 5 heteroatoms. The van der Waals surface area contributed by atoms with Gasteiger partial charge in [-0.05, 0) is 67.7 Å². The van der Waals surface area contributed by atoms with Crippen LogP contribution in [0.15, 0.2) is 66.7 Å². The highest BCUT2D eigenvalue weighted by Crippen LogP contribution is 2.39. The van der Waals surface area contributed by atoms with Crippen LogP contribution in [0.2, 0.25) is 0 Å². The maximum Gasteiger partial charge on any atom is 0.303 e. The fraction of sp³-hybridized carbons (Fsp3) is 0.444. The average Bonchev–Trinajstić information content (AvgIpc) is 3.06. The van der Waals surface area contributed by atoms with Gasteiger partial charge in [0.2, 0.25) is 0 Å². The first-order valence-corrected chi connectivity index (χ1v) is 11.9. The van der Waals surface area contributed by atoms with Gasteiger partial charge in [-0.25, -0.2) is 0 Å². The molecule has 0 heterocycles. The van der Waals surface area contributed by atoms with E-state index in [0.29, 0.717) is 19.4 Å². The van der Waals surface area contributed by atoms with Gasteiger partial charge in [0.25, 0.3) is 0 Å². The molecule has 1 aliphatic rings. The number of hydrogen-bond donors (Lipinski definition) is 2. The number of benzene rings is 2. The third kappa shape index (κ3) is 7.68. The Hall–Kier alpha value is -2.30. The molecule has 0 spiro atoms. The summed E-state index contributed by atoms with van der Waals surface area (Å²) in [5.74, 6) is 0.182. The van der Waals surface area contributed by atoms with Gasteiger partial charge in [-0.1, -0.05) is 54.6 Å². The van der Waals surface area contributed by atoms with Gasteiger partial charge in [0.05, 0.1) is 12.7 Å². The molecule has 0 aromatic heterocycles. The molecule has 0 unspecified atom stereocenters. The first kappa shape index (κ1) is 24.3. The Kier molecular flexibility index (Phi) is 9.63. The van der Waals surface area contributed by atoms with Crippen molar-refractivity contribution in [3.63, 3.8) is 0 Å². The third-order valence-electron chi connectivity index (χ3n) is 6.20. The molecule has 4 nitrogen and oxygen atoms in total. The Bertz CT molecular complexity index is 867. The largest absolute Gasteiger partial charge is 0.493 e. The molecule has 0 amide bonds. The number of allylic oxidation sites excluding steroid dienone is 2. The number of carboxylic acids is 1. The number of aliphatic carboxylic acids is 1. The molecule has 2 aromatic rings. The molecular formula is C27H33ClO4. The number of aryl methyl sites for hydroxylation is 2. The van der Waals surface area contributed by atoms with E-state index in [1.54, 1.807) is 0 Å². The van der Waals surface area contributed by atoms with E-state index in [1.165, 1.54) is 11.1 Å². The van der Waals surface area contributed by atoms with Crippen LogP contribution in [0.3, 0.4) is 0 Å². The van der Waals surface area contributed by atoms with Crippen molar-refractivity contribution < 1.29 is 19.7 Å². The van der Waals surface area contributed by atoms with Gasteiger partial charge in [-0.15, -0.1) is 11.6 Å². The highest BCUT2D eigenvalue weighted by atomic mass is 35.5. The van der Waals surface area contributed by atoms with Gasteiger partial charge in [-0.2, -0.15) is 0 Å². The van der Waals surface area contributed by atoms with E-state index < -0.39 is 12.1 Å².